The summed E-state index contributed by atoms with van der Waals surface area (Å²) in [7, 11) is 0. The van der Waals surface area contributed by atoms with E-state index < -0.39 is 0 Å². The van der Waals surface area contributed by atoms with Crippen LogP contribution in [0.2, 0.25) is 0 Å². The minimum Gasteiger partial charge on any atom is -0.384 e. The molecular weight excluding hydrogens is 212 g/mol. The van der Waals surface area contributed by atoms with Crippen LogP contribution in [0.1, 0.15) is 36.6 Å². The second-order valence-electron chi connectivity index (χ2n) is 4.26. The molecule has 0 fully saturated rings. The number of anilines is 1. The third-order valence-electron chi connectivity index (χ3n) is 2.96. The van der Waals surface area contributed by atoms with Crippen molar-refractivity contribution in [2.45, 2.75) is 33.6 Å². The number of hydrogen-bond donors (Lipinski definition) is 2. The largest absolute Gasteiger partial charge is 0.384 e. The Morgan fingerprint density at radius 2 is 2.12 bits per heavy atom. The van der Waals surface area contributed by atoms with Gasteiger partial charge in [-0.1, -0.05) is 25.5 Å². The summed E-state index contributed by atoms with van der Waals surface area (Å²) >= 11 is 0. The molecule has 0 aliphatic heterocycles. The van der Waals surface area contributed by atoms with E-state index in [2.05, 4.69) is 41.2 Å². The number of fused-ring (bicyclic) bond motifs is 1. The van der Waals surface area contributed by atoms with Gasteiger partial charge in [-0.25, -0.2) is 4.98 Å². The summed E-state index contributed by atoms with van der Waals surface area (Å²) in [5, 5.41) is 7.81. The molecule has 0 unspecified atom stereocenters. The standard InChI is InChI=1S/C13H18N4/c1-4-5-6-7-10-8(2)11-12(14)16-17-13(11)15-9(10)3/h6-7H,4-5H2,1-3H3,(H3,14,15,16,17). The zero-order chi connectivity index (χ0) is 12.4. The van der Waals surface area contributed by atoms with Gasteiger partial charge >= 0.3 is 0 Å². The second kappa shape index (κ2) is 4.57. The lowest BCUT2D eigenvalue weighted by molar-refractivity contribution is 0.962. The summed E-state index contributed by atoms with van der Waals surface area (Å²) in [5.41, 5.74) is 9.86. The van der Waals surface area contributed by atoms with Gasteiger partial charge in [-0.2, -0.15) is 5.10 Å². The minimum atomic E-state index is 0.593. The van der Waals surface area contributed by atoms with Gasteiger partial charge in [0.2, 0.25) is 0 Å². The molecule has 0 bridgehead atoms. The highest BCUT2D eigenvalue weighted by molar-refractivity contribution is 5.91. The van der Waals surface area contributed by atoms with Gasteiger partial charge in [-0.05, 0) is 31.4 Å². The number of unbranched alkanes of at least 4 members (excludes halogenated alkanes) is 1. The number of nitrogens with zero attached hydrogens (tertiary/aromatic N) is 2. The molecule has 17 heavy (non-hydrogen) atoms. The summed E-state index contributed by atoms with van der Waals surface area (Å²) in [5.74, 6) is 0.593. The van der Waals surface area contributed by atoms with Crippen LogP contribution in [-0.2, 0) is 0 Å². The van der Waals surface area contributed by atoms with Gasteiger partial charge in [0.1, 0.15) is 5.82 Å². The van der Waals surface area contributed by atoms with Crippen LogP contribution in [0.25, 0.3) is 17.1 Å². The monoisotopic (exact) mass is 230 g/mol. The molecule has 90 valence electrons. The molecule has 3 N–H and O–H groups in total. The maximum Gasteiger partial charge on any atom is 0.183 e. The number of nitrogens with two attached hydrogens (primary N) is 1. The molecule has 2 rings (SSSR count). The summed E-state index contributed by atoms with van der Waals surface area (Å²) in [6.45, 7) is 6.23. The van der Waals surface area contributed by atoms with E-state index in [1.54, 1.807) is 0 Å². The molecule has 0 spiro atoms. The number of allylic oxidation sites excluding steroid dienone is 1. The molecule has 0 aromatic carbocycles. The average Bonchev–Trinajstić information content (AvgIpc) is 2.65. The smallest absolute Gasteiger partial charge is 0.183 e. The van der Waals surface area contributed by atoms with E-state index in [4.69, 9.17) is 5.73 Å². The van der Waals surface area contributed by atoms with Crippen LogP contribution < -0.4 is 5.73 Å². The van der Waals surface area contributed by atoms with E-state index in [0.717, 1.165) is 35.0 Å². The fraction of sp³-hybridized carbons (Fsp3) is 0.385. The maximum atomic E-state index is 5.87. The third-order valence-corrected chi connectivity index (χ3v) is 2.96. The van der Waals surface area contributed by atoms with Crippen LogP contribution in [0.3, 0.4) is 0 Å². The molecule has 0 aliphatic carbocycles. The van der Waals surface area contributed by atoms with Gasteiger partial charge in [0.25, 0.3) is 0 Å². The molecule has 0 radical (unpaired) electrons. The van der Waals surface area contributed by atoms with Gasteiger partial charge in [-0.3, -0.25) is 5.10 Å². The highest BCUT2D eigenvalue weighted by atomic mass is 15.2. The van der Waals surface area contributed by atoms with Crippen LogP contribution in [0.5, 0.6) is 0 Å². The average molecular weight is 230 g/mol. The number of aryl methyl sites for hydroxylation is 2. The van der Waals surface area contributed by atoms with Crippen molar-refractivity contribution in [3.8, 4) is 0 Å². The van der Waals surface area contributed by atoms with Gasteiger partial charge in [-0.15, -0.1) is 0 Å². The van der Waals surface area contributed by atoms with Crippen LogP contribution in [-0.4, -0.2) is 15.2 Å². The van der Waals surface area contributed by atoms with Crippen molar-refractivity contribution in [1.29, 1.82) is 0 Å². The Hall–Kier alpha value is -1.84. The van der Waals surface area contributed by atoms with Gasteiger partial charge in [0.05, 0.1) is 5.39 Å². The Bertz CT molecular complexity index is 566. The predicted molar refractivity (Wildman–Crippen MR) is 71.7 cm³/mol. The first-order valence-electron chi connectivity index (χ1n) is 5.92. The fourth-order valence-electron chi connectivity index (χ4n) is 2.03. The number of hydrogen-bond acceptors (Lipinski definition) is 3. The number of H-pyrrole nitrogens is 1. The summed E-state index contributed by atoms with van der Waals surface area (Å²) in [6.07, 6.45) is 6.54. The third kappa shape index (κ3) is 2.02. The molecule has 2 aromatic rings. The van der Waals surface area contributed by atoms with Crippen LogP contribution in [0.4, 0.5) is 5.82 Å². The Morgan fingerprint density at radius 1 is 1.35 bits per heavy atom. The molecule has 0 atom stereocenters. The number of aromatic amines is 1. The quantitative estimate of drug-likeness (QED) is 0.851. The highest BCUT2D eigenvalue weighted by Crippen LogP contribution is 2.26. The summed E-state index contributed by atoms with van der Waals surface area (Å²) in [6, 6.07) is 0. The van der Waals surface area contributed by atoms with Crippen LogP contribution >= 0.6 is 0 Å². The van der Waals surface area contributed by atoms with E-state index in [9.17, 15) is 0 Å². The second-order valence-corrected chi connectivity index (χ2v) is 4.26. The van der Waals surface area contributed by atoms with Crippen molar-refractivity contribution in [3.63, 3.8) is 0 Å². The van der Waals surface area contributed by atoms with Crippen molar-refractivity contribution in [1.82, 2.24) is 15.2 Å². The van der Waals surface area contributed by atoms with E-state index in [-0.39, 0.29) is 0 Å². The number of nitrogen functional groups attached to an aromatic ring is 1. The summed E-state index contributed by atoms with van der Waals surface area (Å²) in [4.78, 5) is 4.46. The normalized spacial score (nSPS) is 11.7. The fourth-order valence-corrected chi connectivity index (χ4v) is 2.03. The van der Waals surface area contributed by atoms with E-state index >= 15 is 0 Å². The predicted octanol–water partition coefficient (Wildman–Crippen LogP) is 2.97. The number of aromatic nitrogens is 3. The van der Waals surface area contributed by atoms with Crippen molar-refractivity contribution >= 4 is 22.9 Å². The summed E-state index contributed by atoms with van der Waals surface area (Å²) < 4.78 is 0. The molecule has 4 heteroatoms. The Balaban J connectivity index is 2.58. The Labute approximate surface area is 101 Å². The molecule has 0 aliphatic rings. The van der Waals surface area contributed by atoms with Gasteiger partial charge < -0.3 is 5.73 Å². The first kappa shape index (κ1) is 11.6. The van der Waals surface area contributed by atoms with Crippen LogP contribution in [0.15, 0.2) is 6.08 Å². The zero-order valence-electron chi connectivity index (χ0n) is 10.5. The van der Waals surface area contributed by atoms with Crippen molar-refractivity contribution in [3.05, 3.63) is 22.9 Å². The molecule has 0 saturated heterocycles. The molecule has 2 aromatic heterocycles. The number of nitrogens with one attached hydrogen (secondary N) is 1. The van der Waals surface area contributed by atoms with Crippen molar-refractivity contribution in [2.24, 2.45) is 0 Å². The van der Waals surface area contributed by atoms with Crippen molar-refractivity contribution < 1.29 is 0 Å². The van der Waals surface area contributed by atoms with Crippen molar-refractivity contribution in [2.75, 3.05) is 5.73 Å². The first-order chi connectivity index (χ1) is 8.15. The SMILES string of the molecule is CCCC=Cc1c(C)nc2n[nH]c(N)c2c1C. The topological polar surface area (TPSA) is 67.6 Å². The lowest BCUT2D eigenvalue weighted by Crippen LogP contribution is -1.94. The van der Waals surface area contributed by atoms with Gasteiger partial charge in [0.15, 0.2) is 5.65 Å². The molecule has 2 heterocycles. The minimum absolute atomic E-state index is 0.593. The maximum absolute atomic E-state index is 5.87. The molecule has 0 saturated carbocycles. The van der Waals surface area contributed by atoms with E-state index in [0.29, 0.717) is 11.5 Å². The van der Waals surface area contributed by atoms with E-state index in [1.807, 2.05) is 6.92 Å². The molecule has 0 amide bonds. The Morgan fingerprint density at radius 3 is 2.82 bits per heavy atom. The Kier molecular flexibility index (Phi) is 3.13. The number of rotatable bonds is 3. The van der Waals surface area contributed by atoms with Crippen LogP contribution in [0, 0.1) is 13.8 Å². The molecular formula is C13H18N4. The number of pyridine rings is 1. The van der Waals surface area contributed by atoms with Gasteiger partial charge in [0, 0.05) is 5.69 Å². The van der Waals surface area contributed by atoms with E-state index in [1.165, 1.54) is 0 Å². The lowest BCUT2D eigenvalue weighted by atomic mass is 10.0. The lowest BCUT2D eigenvalue weighted by Gasteiger charge is -2.06. The molecule has 4 nitrogen and oxygen atoms in total. The first-order valence-corrected chi connectivity index (χ1v) is 5.92. The highest BCUT2D eigenvalue weighted by Gasteiger charge is 2.11. The zero-order valence-corrected chi connectivity index (χ0v) is 10.5.